The van der Waals surface area contributed by atoms with Gasteiger partial charge in [-0.05, 0) is 25.5 Å². The highest BCUT2D eigenvalue weighted by Gasteiger charge is 2.05. The molecule has 0 saturated heterocycles. The Morgan fingerprint density at radius 3 is 2.71 bits per heavy atom. The van der Waals surface area contributed by atoms with Gasteiger partial charge in [-0.3, -0.25) is 0 Å². The van der Waals surface area contributed by atoms with Crippen LogP contribution in [-0.4, -0.2) is 23.1 Å². The molecule has 0 fully saturated rings. The molecular formula is C15H17F2N3O. The van der Waals surface area contributed by atoms with Crippen molar-refractivity contribution in [2.24, 2.45) is 0 Å². The van der Waals surface area contributed by atoms with Crippen molar-refractivity contribution in [3.05, 3.63) is 47.4 Å². The third kappa shape index (κ3) is 4.37. The van der Waals surface area contributed by atoms with E-state index in [4.69, 9.17) is 4.74 Å². The average molecular weight is 293 g/mol. The summed E-state index contributed by atoms with van der Waals surface area (Å²) >= 11 is 0. The molecule has 0 spiro atoms. The Bertz CT molecular complexity index is 620. The maximum absolute atomic E-state index is 13.3. The van der Waals surface area contributed by atoms with Crippen LogP contribution in [0.3, 0.4) is 0 Å². The van der Waals surface area contributed by atoms with Crippen LogP contribution in [0.15, 0.2) is 24.3 Å². The fraction of sp³-hybridized carbons (Fsp3) is 0.333. The third-order valence-electron chi connectivity index (χ3n) is 2.81. The van der Waals surface area contributed by atoms with Gasteiger partial charge in [0.05, 0.1) is 6.54 Å². The van der Waals surface area contributed by atoms with E-state index in [2.05, 4.69) is 15.3 Å². The highest BCUT2D eigenvalue weighted by Crippen LogP contribution is 2.17. The maximum atomic E-state index is 13.3. The molecule has 6 heteroatoms. The fourth-order valence-electron chi connectivity index (χ4n) is 1.83. The smallest absolute Gasteiger partial charge is 0.167 e. The van der Waals surface area contributed by atoms with Gasteiger partial charge in [-0.2, -0.15) is 0 Å². The van der Waals surface area contributed by atoms with Crippen LogP contribution in [0, 0.1) is 18.6 Å². The number of aromatic nitrogens is 2. The SMILES string of the molecule is CCc1cc(NCCOc2ccc(F)cc2F)nc(C)n1. The summed E-state index contributed by atoms with van der Waals surface area (Å²) in [5.74, 6) is 0.110. The zero-order chi connectivity index (χ0) is 15.2. The zero-order valence-electron chi connectivity index (χ0n) is 12.0. The molecule has 0 radical (unpaired) electrons. The first-order valence-corrected chi connectivity index (χ1v) is 6.74. The van der Waals surface area contributed by atoms with E-state index < -0.39 is 11.6 Å². The van der Waals surface area contributed by atoms with Crippen molar-refractivity contribution in [2.75, 3.05) is 18.5 Å². The van der Waals surface area contributed by atoms with Gasteiger partial charge in [-0.15, -0.1) is 0 Å². The minimum Gasteiger partial charge on any atom is -0.489 e. The zero-order valence-corrected chi connectivity index (χ0v) is 12.0. The summed E-state index contributed by atoms with van der Waals surface area (Å²) in [7, 11) is 0. The minimum absolute atomic E-state index is 0.0336. The average Bonchev–Trinajstić information content (AvgIpc) is 2.44. The molecule has 1 aromatic heterocycles. The quantitative estimate of drug-likeness (QED) is 0.831. The van der Waals surface area contributed by atoms with Crippen LogP contribution in [0.4, 0.5) is 14.6 Å². The van der Waals surface area contributed by atoms with Crippen molar-refractivity contribution < 1.29 is 13.5 Å². The fourth-order valence-corrected chi connectivity index (χ4v) is 1.83. The number of hydrogen-bond donors (Lipinski definition) is 1. The van der Waals surface area contributed by atoms with Crippen molar-refractivity contribution in [2.45, 2.75) is 20.3 Å². The third-order valence-corrected chi connectivity index (χ3v) is 2.81. The van der Waals surface area contributed by atoms with Gasteiger partial charge in [-0.25, -0.2) is 18.7 Å². The van der Waals surface area contributed by atoms with Crippen molar-refractivity contribution >= 4 is 5.82 Å². The Morgan fingerprint density at radius 1 is 1.19 bits per heavy atom. The van der Waals surface area contributed by atoms with Crippen molar-refractivity contribution in [1.29, 1.82) is 0 Å². The molecular weight excluding hydrogens is 276 g/mol. The Balaban J connectivity index is 1.86. The van der Waals surface area contributed by atoms with Crippen LogP contribution in [0.2, 0.25) is 0 Å². The lowest BCUT2D eigenvalue weighted by molar-refractivity contribution is 0.314. The van der Waals surface area contributed by atoms with Crippen LogP contribution in [-0.2, 0) is 6.42 Å². The molecule has 0 amide bonds. The monoisotopic (exact) mass is 293 g/mol. The largest absolute Gasteiger partial charge is 0.489 e. The van der Waals surface area contributed by atoms with E-state index in [0.29, 0.717) is 18.2 Å². The van der Waals surface area contributed by atoms with Gasteiger partial charge in [0, 0.05) is 17.8 Å². The first-order valence-electron chi connectivity index (χ1n) is 6.74. The number of nitrogens with one attached hydrogen (secondary N) is 1. The molecule has 0 aliphatic heterocycles. The highest BCUT2D eigenvalue weighted by molar-refractivity contribution is 5.36. The van der Waals surface area contributed by atoms with E-state index in [-0.39, 0.29) is 12.4 Å². The Labute approximate surface area is 122 Å². The normalized spacial score (nSPS) is 10.5. The van der Waals surface area contributed by atoms with E-state index in [1.54, 1.807) is 0 Å². The Hall–Kier alpha value is -2.24. The van der Waals surface area contributed by atoms with Gasteiger partial charge < -0.3 is 10.1 Å². The number of rotatable bonds is 6. The molecule has 2 rings (SSSR count). The van der Waals surface area contributed by atoms with Gasteiger partial charge in [0.15, 0.2) is 11.6 Å². The molecule has 0 aliphatic rings. The lowest BCUT2D eigenvalue weighted by atomic mass is 10.3. The molecule has 2 aromatic rings. The first-order chi connectivity index (χ1) is 10.1. The Morgan fingerprint density at radius 2 is 2.00 bits per heavy atom. The standard InChI is InChI=1S/C15H17F2N3O/c1-3-12-9-15(20-10(2)19-12)18-6-7-21-14-5-4-11(16)8-13(14)17/h4-5,8-9H,3,6-7H2,1-2H3,(H,18,19,20). The van der Waals surface area contributed by atoms with Crippen LogP contribution in [0.5, 0.6) is 5.75 Å². The summed E-state index contributed by atoms with van der Waals surface area (Å²) in [6, 6.07) is 5.09. The number of aryl methyl sites for hydroxylation is 2. The summed E-state index contributed by atoms with van der Waals surface area (Å²) < 4.78 is 31.3. The Kier molecular flexibility index (Phi) is 5.03. The van der Waals surface area contributed by atoms with Gasteiger partial charge >= 0.3 is 0 Å². The van der Waals surface area contributed by atoms with Crippen molar-refractivity contribution in [3.63, 3.8) is 0 Å². The minimum atomic E-state index is -0.707. The van der Waals surface area contributed by atoms with Crippen molar-refractivity contribution in [1.82, 2.24) is 9.97 Å². The van der Waals surface area contributed by atoms with Gasteiger partial charge in [0.25, 0.3) is 0 Å². The number of ether oxygens (including phenoxy) is 1. The predicted octanol–water partition coefficient (Wildman–Crippen LogP) is 3.12. The van der Waals surface area contributed by atoms with Crippen LogP contribution >= 0.6 is 0 Å². The van der Waals surface area contributed by atoms with E-state index in [1.165, 1.54) is 6.07 Å². The molecule has 1 heterocycles. The highest BCUT2D eigenvalue weighted by atomic mass is 19.1. The molecule has 1 N–H and O–H groups in total. The molecule has 0 bridgehead atoms. The topological polar surface area (TPSA) is 47.0 Å². The lowest BCUT2D eigenvalue weighted by Gasteiger charge is -2.10. The predicted molar refractivity (Wildman–Crippen MR) is 76.5 cm³/mol. The molecule has 0 aliphatic carbocycles. The van der Waals surface area contributed by atoms with Gasteiger partial charge in [0.1, 0.15) is 24.1 Å². The lowest BCUT2D eigenvalue weighted by Crippen LogP contribution is -2.13. The molecule has 0 unspecified atom stereocenters. The number of halogens is 2. The molecule has 112 valence electrons. The molecule has 1 aromatic carbocycles. The summed E-state index contributed by atoms with van der Waals surface area (Å²) in [6.07, 6.45) is 0.829. The van der Waals surface area contributed by atoms with E-state index in [9.17, 15) is 8.78 Å². The summed E-state index contributed by atoms with van der Waals surface area (Å²) in [5, 5.41) is 3.09. The van der Waals surface area contributed by atoms with Gasteiger partial charge in [0.2, 0.25) is 0 Å². The second-order valence-electron chi connectivity index (χ2n) is 4.50. The van der Waals surface area contributed by atoms with Crippen molar-refractivity contribution in [3.8, 4) is 5.75 Å². The summed E-state index contributed by atoms with van der Waals surface area (Å²) in [6.45, 7) is 4.55. The number of nitrogens with zero attached hydrogens (tertiary/aromatic N) is 2. The molecule has 0 saturated carbocycles. The first kappa shape index (κ1) is 15.2. The molecule has 21 heavy (non-hydrogen) atoms. The summed E-state index contributed by atoms with van der Waals surface area (Å²) in [4.78, 5) is 8.53. The van der Waals surface area contributed by atoms with Gasteiger partial charge in [-0.1, -0.05) is 6.92 Å². The van der Waals surface area contributed by atoms with Crippen LogP contribution < -0.4 is 10.1 Å². The van der Waals surface area contributed by atoms with Crippen LogP contribution in [0.1, 0.15) is 18.4 Å². The van der Waals surface area contributed by atoms with E-state index in [1.807, 2.05) is 19.9 Å². The van der Waals surface area contributed by atoms with E-state index in [0.717, 1.165) is 24.2 Å². The number of hydrogen-bond acceptors (Lipinski definition) is 4. The maximum Gasteiger partial charge on any atom is 0.167 e. The summed E-state index contributed by atoms with van der Waals surface area (Å²) in [5.41, 5.74) is 0.954. The van der Waals surface area contributed by atoms with E-state index >= 15 is 0 Å². The molecule has 0 atom stereocenters. The molecule has 4 nitrogen and oxygen atoms in total. The second kappa shape index (κ2) is 6.97. The number of anilines is 1. The number of benzene rings is 1. The van der Waals surface area contributed by atoms with Crippen LogP contribution in [0.25, 0.3) is 0 Å². The second-order valence-corrected chi connectivity index (χ2v) is 4.50.